The largest absolute Gasteiger partial charge is 0.206 e. The first kappa shape index (κ1) is 8.30. The van der Waals surface area contributed by atoms with Crippen molar-refractivity contribution in [2.24, 2.45) is 0 Å². The molecule has 0 aliphatic rings. The van der Waals surface area contributed by atoms with Crippen LogP contribution >= 0.6 is 0 Å². The summed E-state index contributed by atoms with van der Waals surface area (Å²) in [5.41, 5.74) is -0.238. The van der Waals surface area contributed by atoms with Crippen LogP contribution in [0, 0.1) is 36.3 Å². The molecule has 58 valence electrons. The van der Waals surface area contributed by atoms with E-state index in [-0.39, 0.29) is 11.1 Å². The Balaban J connectivity index is 3.41. The van der Waals surface area contributed by atoms with Crippen molar-refractivity contribution < 1.29 is 8.78 Å². The molecule has 0 N–H and O–H groups in total. The Morgan fingerprint density at radius 3 is 1.50 bits per heavy atom. The highest BCUT2D eigenvalue weighted by atomic mass is 19.1. The van der Waals surface area contributed by atoms with Gasteiger partial charge in [0.25, 0.3) is 0 Å². The molecule has 0 saturated carbocycles. The highest BCUT2D eigenvalue weighted by molar-refractivity contribution is 5.42. The van der Waals surface area contributed by atoms with Gasteiger partial charge in [-0.15, -0.1) is 12.8 Å². The molecule has 0 bridgehead atoms. The van der Waals surface area contributed by atoms with E-state index in [1.165, 1.54) is 0 Å². The lowest BCUT2D eigenvalue weighted by molar-refractivity contribution is 0.594. The van der Waals surface area contributed by atoms with E-state index in [0.717, 1.165) is 12.1 Å². The second kappa shape index (κ2) is 3.07. The zero-order valence-corrected chi connectivity index (χ0v) is 6.07. The van der Waals surface area contributed by atoms with Gasteiger partial charge in [-0.3, -0.25) is 0 Å². The number of hydrogen-bond acceptors (Lipinski definition) is 0. The van der Waals surface area contributed by atoms with Crippen molar-refractivity contribution in [2.45, 2.75) is 0 Å². The summed E-state index contributed by atoms with van der Waals surface area (Å²) < 4.78 is 25.6. The number of terminal acetylenes is 2. The normalized spacial score (nSPS) is 8.67. The fourth-order valence-corrected chi connectivity index (χ4v) is 0.768. The summed E-state index contributed by atoms with van der Waals surface area (Å²) in [4.78, 5) is 0. The van der Waals surface area contributed by atoms with Crippen molar-refractivity contribution >= 4 is 0 Å². The fourth-order valence-electron chi connectivity index (χ4n) is 0.768. The molecule has 0 heterocycles. The molecule has 0 radical (unpaired) electrons. The van der Waals surface area contributed by atoms with Gasteiger partial charge < -0.3 is 0 Å². The Labute approximate surface area is 69.2 Å². The molecule has 12 heavy (non-hydrogen) atoms. The zero-order valence-electron chi connectivity index (χ0n) is 6.07. The topological polar surface area (TPSA) is 0 Å². The third kappa shape index (κ3) is 1.28. The smallest absolute Gasteiger partial charge is 0.140 e. The number of hydrogen-bond donors (Lipinski definition) is 0. The molecule has 1 aromatic rings. The second-order valence-electron chi connectivity index (χ2n) is 2.10. The standard InChI is InChI=1S/C10H4F2/c1-3-7-5-10(12)8(4-2)6-9(7)11/h1-2,5-6H. The van der Waals surface area contributed by atoms with Crippen molar-refractivity contribution in [1.29, 1.82) is 0 Å². The molecule has 0 nitrogen and oxygen atoms in total. The first-order chi connectivity index (χ1) is 5.69. The van der Waals surface area contributed by atoms with E-state index in [2.05, 4.69) is 0 Å². The maximum absolute atomic E-state index is 12.8. The molecular weight excluding hydrogens is 158 g/mol. The monoisotopic (exact) mass is 162 g/mol. The summed E-state index contributed by atoms with van der Waals surface area (Å²) in [5.74, 6) is 2.66. The minimum atomic E-state index is -0.674. The van der Waals surface area contributed by atoms with E-state index in [1.807, 2.05) is 11.8 Å². The van der Waals surface area contributed by atoms with Crippen molar-refractivity contribution in [2.75, 3.05) is 0 Å². The van der Waals surface area contributed by atoms with E-state index in [9.17, 15) is 8.78 Å². The van der Waals surface area contributed by atoms with Gasteiger partial charge in [0.15, 0.2) is 0 Å². The van der Waals surface area contributed by atoms with Crippen LogP contribution in [0.5, 0.6) is 0 Å². The molecule has 0 spiro atoms. The molecule has 0 aliphatic heterocycles. The van der Waals surface area contributed by atoms with Gasteiger partial charge in [0.1, 0.15) is 11.6 Å². The Bertz CT molecular complexity index is 352. The van der Waals surface area contributed by atoms with Gasteiger partial charge in [0.2, 0.25) is 0 Å². The summed E-state index contributed by atoms with van der Waals surface area (Å²) in [5, 5.41) is 0. The van der Waals surface area contributed by atoms with E-state index < -0.39 is 11.6 Å². The molecule has 1 rings (SSSR count). The molecule has 2 heteroatoms. The first-order valence-electron chi connectivity index (χ1n) is 3.11. The maximum Gasteiger partial charge on any atom is 0.140 e. The number of halogens is 2. The quantitative estimate of drug-likeness (QED) is 0.511. The van der Waals surface area contributed by atoms with Crippen molar-refractivity contribution in [1.82, 2.24) is 0 Å². The lowest BCUT2D eigenvalue weighted by Crippen LogP contribution is -1.90. The third-order valence-electron chi connectivity index (χ3n) is 1.37. The Hall–Kier alpha value is -1.80. The van der Waals surface area contributed by atoms with Crippen molar-refractivity contribution in [3.8, 4) is 24.7 Å². The molecule has 0 atom stereocenters. The van der Waals surface area contributed by atoms with E-state index in [0.29, 0.717) is 0 Å². The van der Waals surface area contributed by atoms with Gasteiger partial charge in [0.05, 0.1) is 11.1 Å². The van der Waals surface area contributed by atoms with Crippen LogP contribution in [0.2, 0.25) is 0 Å². The zero-order chi connectivity index (χ0) is 9.14. The highest BCUT2D eigenvalue weighted by Gasteiger charge is 2.05. The average Bonchev–Trinajstić information content (AvgIpc) is 2.08. The summed E-state index contributed by atoms with van der Waals surface area (Å²) >= 11 is 0. The highest BCUT2D eigenvalue weighted by Crippen LogP contribution is 2.12. The molecule has 0 aromatic heterocycles. The Kier molecular flexibility index (Phi) is 2.12. The summed E-state index contributed by atoms with van der Waals surface area (Å²) in [6.07, 6.45) is 9.81. The van der Waals surface area contributed by atoms with Gasteiger partial charge in [-0.1, -0.05) is 11.8 Å². The summed E-state index contributed by atoms with van der Waals surface area (Å²) in [7, 11) is 0. The van der Waals surface area contributed by atoms with Gasteiger partial charge in [-0.25, -0.2) is 8.78 Å². The van der Waals surface area contributed by atoms with Crippen LogP contribution in [-0.2, 0) is 0 Å². The molecule has 1 aromatic carbocycles. The molecule has 0 fully saturated rings. The molecule has 0 saturated heterocycles. The number of benzene rings is 1. The lowest BCUT2D eigenvalue weighted by atomic mass is 10.1. The van der Waals surface area contributed by atoms with Gasteiger partial charge in [-0.05, 0) is 12.1 Å². The lowest BCUT2D eigenvalue weighted by Gasteiger charge is -1.97. The molecule has 0 unspecified atom stereocenters. The third-order valence-corrected chi connectivity index (χ3v) is 1.37. The summed E-state index contributed by atoms with van der Waals surface area (Å²) in [6, 6.07) is 1.81. The van der Waals surface area contributed by atoms with E-state index >= 15 is 0 Å². The second-order valence-corrected chi connectivity index (χ2v) is 2.10. The minimum absolute atomic E-state index is 0.119. The average molecular weight is 162 g/mol. The van der Waals surface area contributed by atoms with Crippen LogP contribution < -0.4 is 0 Å². The van der Waals surface area contributed by atoms with Gasteiger partial charge in [0, 0.05) is 0 Å². The van der Waals surface area contributed by atoms with Crippen LogP contribution in [0.15, 0.2) is 12.1 Å². The van der Waals surface area contributed by atoms with Gasteiger partial charge >= 0.3 is 0 Å². The van der Waals surface area contributed by atoms with Crippen molar-refractivity contribution in [3.63, 3.8) is 0 Å². The Morgan fingerprint density at radius 2 is 1.25 bits per heavy atom. The van der Waals surface area contributed by atoms with Crippen LogP contribution in [0.4, 0.5) is 8.78 Å². The van der Waals surface area contributed by atoms with E-state index in [4.69, 9.17) is 12.8 Å². The van der Waals surface area contributed by atoms with Crippen LogP contribution in [0.3, 0.4) is 0 Å². The minimum Gasteiger partial charge on any atom is -0.206 e. The Morgan fingerprint density at radius 1 is 0.917 bits per heavy atom. The van der Waals surface area contributed by atoms with Crippen LogP contribution in [-0.4, -0.2) is 0 Å². The molecular formula is C10H4F2. The predicted molar refractivity (Wildman–Crippen MR) is 42.2 cm³/mol. The SMILES string of the molecule is C#Cc1cc(F)c(C#C)cc1F. The van der Waals surface area contributed by atoms with Crippen molar-refractivity contribution in [3.05, 3.63) is 34.9 Å². The first-order valence-corrected chi connectivity index (χ1v) is 3.11. The summed E-state index contributed by atoms with van der Waals surface area (Å²) in [6.45, 7) is 0. The van der Waals surface area contributed by atoms with Crippen LogP contribution in [0.25, 0.3) is 0 Å². The molecule has 0 aliphatic carbocycles. The van der Waals surface area contributed by atoms with Gasteiger partial charge in [-0.2, -0.15) is 0 Å². The number of rotatable bonds is 0. The molecule has 0 amide bonds. The maximum atomic E-state index is 12.8. The predicted octanol–water partition coefficient (Wildman–Crippen LogP) is 1.93. The van der Waals surface area contributed by atoms with E-state index in [1.54, 1.807) is 0 Å². The fraction of sp³-hybridized carbons (Fsp3) is 0. The van der Waals surface area contributed by atoms with Crippen LogP contribution in [0.1, 0.15) is 11.1 Å².